The molecule has 1 N–H and O–H groups in total. The Morgan fingerprint density at radius 3 is 2.63 bits per heavy atom. The highest BCUT2D eigenvalue weighted by Gasteiger charge is 2.53. The fourth-order valence-electron chi connectivity index (χ4n) is 5.89. The van der Waals surface area contributed by atoms with Gasteiger partial charge in [-0.25, -0.2) is 9.37 Å². The normalized spacial score (nSPS) is 16.7. The Bertz CT molecular complexity index is 1440. The lowest BCUT2D eigenvalue weighted by Crippen LogP contribution is -2.45. The molecule has 2 aliphatic rings. The van der Waals surface area contributed by atoms with Gasteiger partial charge in [-0.2, -0.15) is 13.2 Å². The maximum Gasteiger partial charge on any atom is 0.401 e. The molecule has 1 aliphatic heterocycles. The van der Waals surface area contributed by atoms with Crippen molar-refractivity contribution in [2.24, 2.45) is 0 Å². The van der Waals surface area contributed by atoms with Gasteiger partial charge in [-0.15, -0.1) is 0 Å². The van der Waals surface area contributed by atoms with Crippen LogP contribution >= 0.6 is 0 Å². The third-order valence-corrected chi connectivity index (χ3v) is 7.85. The van der Waals surface area contributed by atoms with Crippen molar-refractivity contribution in [1.29, 1.82) is 0 Å². The number of nitrogens with zero attached hydrogens (tertiary/aromatic N) is 5. The highest BCUT2D eigenvalue weighted by Crippen LogP contribution is 2.55. The molecule has 41 heavy (non-hydrogen) atoms. The summed E-state index contributed by atoms with van der Waals surface area (Å²) in [6.07, 6.45) is 1.85. The minimum Gasteiger partial charge on any atom is -0.491 e. The van der Waals surface area contributed by atoms with Gasteiger partial charge in [0.05, 0.1) is 37.6 Å². The number of pyridine rings is 1. The molecule has 0 saturated heterocycles. The van der Waals surface area contributed by atoms with Gasteiger partial charge >= 0.3 is 6.18 Å². The predicted octanol–water partition coefficient (Wildman–Crippen LogP) is 5.15. The van der Waals surface area contributed by atoms with E-state index in [2.05, 4.69) is 15.3 Å². The lowest BCUT2D eigenvalue weighted by molar-refractivity contribution is -0.144. The smallest absolute Gasteiger partial charge is 0.401 e. The second-order valence-electron chi connectivity index (χ2n) is 11.0. The number of alkyl halides is 3. The Kier molecular flexibility index (Phi) is 7.71. The first-order valence-electron chi connectivity index (χ1n) is 13.6. The van der Waals surface area contributed by atoms with Crippen LogP contribution in [0.1, 0.15) is 65.5 Å². The summed E-state index contributed by atoms with van der Waals surface area (Å²) in [5.41, 5.74) is 2.99. The van der Waals surface area contributed by atoms with Gasteiger partial charge in [-0.05, 0) is 56.5 Å². The maximum absolute atomic E-state index is 14.2. The summed E-state index contributed by atoms with van der Waals surface area (Å²) in [5.74, 6) is -0.0934. The van der Waals surface area contributed by atoms with E-state index in [0.717, 1.165) is 35.7 Å². The first-order valence-corrected chi connectivity index (χ1v) is 13.6. The molecule has 5 rings (SSSR count). The number of fused-ring (bicyclic) bond motifs is 2. The molecule has 2 aromatic heterocycles. The summed E-state index contributed by atoms with van der Waals surface area (Å²) in [6, 6.07) is 4.83. The van der Waals surface area contributed by atoms with Gasteiger partial charge in [0.25, 0.3) is 5.91 Å². The van der Waals surface area contributed by atoms with Crippen LogP contribution in [0.5, 0.6) is 5.75 Å². The van der Waals surface area contributed by atoms with Gasteiger partial charge < -0.3 is 19.5 Å². The van der Waals surface area contributed by atoms with E-state index in [-0.39, 0.29) is 30.2 Å². The Morgan fingerprint density at radius 1 is 1.22 bits per heavy atom. The lowest BCUT2D eigenvalue weighted by Gasteiger charge is -2.40. The van der Waals surface area contributed by atoms with Gasteiger partial charge in [0.2, 0.25) is 5.95 Å². The Morgan fingerprint density at radius 2 is 1.98 bits per heavy atom. The molecule has 1 atom stereocenters. The average Bonchev–Trinajstić information content (AvgIpc) is 3.53. The van der Waals surface area contributed by atoms with E-state index in [1.54, 1.807) is 31.3 Å². The van der Waals surface area contributed by atoms with Crippen molar-refractivity contribution in [3.8, 4) is 5.75 Å². The van der Waals surface area contributed by atoms with E-state index in [1.165, 1.54) is 18.0 Å². The summed E-state index contributed by atoms with van der Waals surface area (Å²) in [6.45, 7) is 3.68. The van der Waals surface area contributed by atoms with Crippen molar-refractivity contribution < 1.29 is 27.1 Å². The number of hydrogen-bond donors (Lipinski definition) is 1. The fraction of sp³-hybridized carbons (Fsp3) is 0.483. The molecule has 8 nitrogen and oxygen atoms in total. The van der Waals surface area contributed by atoms with Crippen molar-refractivity contribution in [2.75, 3.05) is 39.1 Å². The number of amides is 1. The highest BCUT2D eigenvalue weighted by atomic mass is 19.4. The maximum atomic E-state index is 14.2. The van der Waals surface area contributed by atoms with Crippen LogP contribution in [0.25, 0.3) is 0 Å². The van der Waals surface area contributed by atoms with Gasteiger partial charge in [-0.1, -0.05) is 6.07 Å². The van der Waals surface area contributed by atoms with Gasteiger partial charge in [0.15, 0.2) is 11.6 Å². The number of ether oxygens (including phenoxy) is 1. The summed E-state index contributed by atoms with van der Waals surface area (Å²) in [5, 5.41) is 3.02. The highest BCUT2D eigenvalue weighted by molar-refractivity contribution is 5.98. The van der Waals surface area contributed by atoms with E-state index in [1.807, 2.05) is 23.6 Å². The number of rotatable bonds is 10. The zero-order valence-corrected chi connectivity index (χ0v) is 23.6. The van der Waals surface area contributed by atoms with Crippen molar-refractivity contribution in [3.63, 3.8) is 0 Å². The van der Waals surface area contributed by atoms with Crippen molar-refractivity contribution in [2.45, 2.75) is 57.4 Å². The topological polar surface area (TPSA) is 75.5 Å². The van der Waals surface area contributed by atoms with Crippen LogP contribution in [-0.4, -0.2) is 70.2 Å². The van der Waals surface area contributed by atoms with E-state index >= 15 is 0 Å². The summed E-state index contributed by atoms with van der Waals surface area (Å²) >= 11 is 0. The molecule has 1 unspecified atom stereocenters. The van der Waals surface area contributed by atoms with E-state index < -0.39 is 24.6 Å². The second-order valence-corrected chi connectivity index (χ2v) is 11.0. The molecule has 0 radical (unpaired) electrons. The molecule has 1 amide bonds. The Balaban J connectivity index is 1.56. The molecular weight excluding hydrogens is 540 g/mol. The molecular formula is C29H34F4N6O2. The monoisotopic (exact) mass is 574 g/mol. The number of hydrogen-bond acceptors (Lipinski definition) is 6. The summed E-state index contributed by atoms with van der Waals surface area (Å²) in [7, 11) is 3.19. The molecule has 3 heterocycles. The van der Waals surface area contributed by atoms with Crippen LogP contribution in [-0.2, 0) is 18.5 Å². The third-order valence-electron chi connectivity index (χ3n) is 7.85. The molecule has 1 spiro atoms. The van der Waals surface area contributed by atoms with Crippen LogP contribution in [0.4, 0.5) is 23.5 Å². The minimum absolute atomic E-state index is 0.0559. The quantitative estimate of drug-likeness (QED) is 0.338. The largest absolute Gasteiger partial charge is 0.491 e. The SMILES string of the molecule is CCOc1cc(C(C)N2CC3(CC3)c3c(CN(C)CC(F)(F)F)cc(Cn4ccnc4NC)cc3C2=O)ncc1F. The second kappa shape index (κ2) is 11.0. The number of imidazole rings is 1. The molecule has 3 aromatic rings. The zero-order valence-electron chi connectivity index (χ0n) is 23.6. The number of benzene rings is 1. The van der Waals surface area contributed by atoms with Crippen LogP contribution in [0.3, 0.4) is 0 Å². The first kappa shape index (κ1) is 28.8. The standard InChI is InChI=1S/C29H34F4N6O2/c1-5-41-24-12-23(36-13-22(24)30)18(2)39-16-28(6-7-28)25-20(15-37(4)17-29(31,32)33)10-19(11-21(25)26(39)40)14-38-9-8-35-27(38)34-3/h8-13,18H,5-7,14-17H2,1-4H3,(H,34,35). The number of aromatic nitrogens is 3. The van der Waals surface area contributed by atoms with Crippen LogP contribution < -0.4 is 10.1 Å². The van der Waals surface area contributed by atoms with Crippen molar-refractivity contribution >= 4 is 11.9 Å². The fourth-order valence-corrected chi connectivity index (χ4v) is 5.89. The number of carbonyl (C=O) groups is 1. The van der Waals surface area contributed by atoms with Crippen molar-refractivity contribution in [3.05, 3.63) is 70.6 Å². The lowest BCUT2D eigenvalue weighted by atomic mass is 9.81. The third kappa shape index (κ3) is 5.88. The van der Waals surface area contributed by atoms with Crippen LogP contribution in [0.15, 0.2) is 36.8 Å². The van der Waals surface area contributed by atoms with E-state index in [9.17, 15) is 22.4 Å². The first-order chi connectivity index (χ1) is 19.4. The molecule has 1 fully saturated rings. The van der Waals surface area contributed by atoms with Crippen LogP contribution in [0, 0.1) is 5.82 Å². The molecule has 1 aliphatic carbocycles. The van der Waals surface area contributed by atoms with Crippen molar-refractivity contribution in [1.82, 2.24) is 24.3 Å². The number of carbonyl (C=O) groups excluding carboxylic acids is 1. The minimum atomic E-state index is -4.34. The molecule has 220 valence electrons. The molecule has 1 aromatic carbocycles. The average molecular weight is 575 g/mol. The van der Waals surface area contributed by atoms with Crippen LogP contribution in [0.2, 0.25) is 0 Å². The molecule has 0 bridgehead atoms. The number of nitrogens with one attached hydrogen (secondary N) is 1. The Labute approximate surface area is 236 Å². The number of halogens is 4. The molecule has 12 heteroatoms. The van der Waals surface area contributed by atoms with E-state index in [4.69, 9.17) is 4.74 Å². The number of anilines is 1. The summed E-state index contributed by atoms with van der Waals surface area (Å²) < 4.78 is 61.2. The molecule has 1 saturated carbocycles. The van der Waals surface area contributed by atoms with E-state index in [0.29, 0.717) is 30.3 Å². The van der Waals surface area contributed by atoms with Gasteiger partial charge in [-0.3, -0.25) is 14.7 Å². The zero-order chi connectivity index (χ0) is 29.5. The van der Waals surface area contributed by atoms with Gasteiger partial charge in [0.1, 0.15) is 0 Å². The van der Waals surface area contributed by atoms with Gasteiger partial charge in [0, 0.05) is 49.6 Å². The predicted molar refractivity (Wildman–Crippen MR) is 145 cm³/mol. The Hall–Kier alpha value is -3.67. The summed E-state index contributed by atoms with van der Waals surface area (Å²) in [4.78, 5) is 25.6.